The quantitative estimate of drug-likeness (QED) is 0.158. The van der Waals surface area contributed by atoms with Crippen LogP contribution in [0, 0.1) is 6.92 Å². The Kier molecular flexibility index (Phi) is 9.62. The monoisotopic (exact) mass is 571 g/mol. The van der Waals surface area contributed by atoms with E-state index >= 15 is 0 Å². The predicted octanol–water partition coefficient (Wildman–Crippen LogP) is 6.12. The van der Waals surface area contributed by atoms with Crippen molar-refractivity contribution in [3.05, 3.63) is 81.6 Å². The van der Waals surface area contributed by atoms with Crippen LogP contribution >= 0.6 is 0 Å². The first-order valence-corrected chi connectivity index (χ1v) is 14.0. The largest absolute Gasteiger partial charge is 0.494 e. The van der Waals surface area contributed by atoms with Crippen molar-refractivity contribution in [3.63, 3.8) is 0 Å². The van der Waals surface area contributed by atoms with Crippen LogP contribution < -0.4 is 19.8 Å². The van der Waals surface area contributed by atoms with Gasteiger partial charge in [-0.25, -0.2) is 9.78 Å². The molecule has 4 rings (SSSR count). The van der Waals surface area contributed by atoms with Gasteiger partial charge in [0.05, 0.1) is 37.4 Å². The standard InChI is InChI=1S/C33H37N3O6/c1-8-40-29-17-21(5)26(18-25(29)20(3)4)31-35-27-15-11-10-14-24(27)32(37)36(31)34-19-23-13-12-16-28(39-7)30(23)42-22(6)33(38)41-9-2/h10-20,22H,8-9H2,1-7H3/t22-/m1/s1. The number of fused-ring (bicyclic) bond motifs is 1. The van der Waals surface area contributed by atoms with Crippen LogP contribution in [0.25, 0.3) is 22.3 Å². The Hall–Kier alpha value is -4.66. The number of ether oxygens (including phenoxy) is 4. The van der Waals surface area contributed by atoms with Crippen LogP contribution in [0.4, 0.5) is 0 Å². The van der Waals surface area contributed by atoms with Gasteiger partial charge in [0, 0.05) is 11.1 Å². The number of esters is 1. The Labute approximate surface area is 245 Å². The number of aromatic nitrogens is 2. The predicted molar refractivity (Wildman–Crippen MR) is 164 cm³/mol. The summed E-state index contributed by atoms with van der Waals surface area (Å²) in [4.78, 5) is 31.0. The second kappa shape index (κ2) is 13.3. The second-order valence-corrected chi connectivity index (χ2v) is 10.00. The summed E-state index contributed by atoms with van der Waals surface area (Å²) in [5.74, 6) is 1.57. The highest BCUT2D eigenvalue weighted by Crippen LogP contribution is 2.35. The fraction of sp³-hybridized carbons (Fsp3) is 0.333. The summed E-state index contributed by atoms with van der Waals surface area (Å²) in [5.41, 5.74) is 3.41. The van der Waals surface area contributed by atoms with Gasteiger partial charge in [-0.1, -0.05) is 32.0 Å². The van der Waals surface area contributed by atoms with E-state index in [2.05, 4.69) is 18.9 Å². The summed E-state index contributed by atoms with van der Waals surface area (Å²) in [6, 6.07) is 16.4. The van der Waals surface area contributed by atoms with Crippen molar-refractivity contribution in [1.29, 1.82) is 0 Å². The molecule has 0 saturated heterocycles. The van der Waals surface area contributed by atoms with Crippen LogP contribution in [0.1, 0.15) is 57.2 Å². The zero-order valence-corrected chi connectivity index (χ0v) is 25.1. The zero-order chi connectivity index (χ0) is 30.4. The topological polar surface area (TPSA) is 101 Å². The van der Waals surface area contributed by atoms with Crippen molar-refractivity contribution in [3.8, 4) is 28.6 Å². The Bertz CT molecular complexity index is 1670. The summed E-state index contributed by atoms with van der Waals surface area (Å²) in [7, 11) is 1.51. The molecule has 42 heavy (non-hydrogen) atoms. The average molecular weight is 572 g/mol. The molecule has 0 aliphatic carbocycles. The van der Waals surface area contributed by atoms with Crippen molar-refractivity contribution in [2.75, 3.05) is 20.3 Å². The maximum Gasteiger partial charge on any atom is 0.347 e. The molecule has 9 nitrogen and oxygen atoms in total. The summed E-state index contributed by atoms with van der Waals surface area (Å²) < 4.78 is 23.8. The number of nitrogens with zero attached hydrogens (tertiary/aromatic N) is 3. The third kappa shape index (κ3) is 6.30. The lowest BCUT2D eigenvalue weighted by Crippen LogP contribution is -2.26. The number of methoxy groups -OCH3 is 1. The van der Waals surface area contributed by atoms with E-state index in [-0.39, 0.29) is 18.1 Å². The fourth-order valence-corrected chi connectivity index (χ4v) is 4.60. The number of aryl methyl sites for hydroxylation is 1. The number of carbonyl (C=O) groups excluding carboxylic acids is 1. The lowest BCUT2D eigenvalue weighted by Gasteiger charge is -2.19. The molecule has 4 aromatic rings. The summed E-state index contributed by atoms with van der Waals surface area (Å²) in [5, 5.41) is 5.07. The molecule has 0 saturated carbocycles. The summed E-state index contributed by atoms with van der Waals surface area (Å²) in [6.07, 6.45) is 0.611. The fourth-order valence-electron chi connectivity index (χ4n) is 4.60. The first-order chi connectivity index (χ1) is 20.2. The molecule has 0 unspecified atom stereocenters. The van der Waals surface area contributed by atoms with E-state index in [1.54, 1.807) is 44.2 Å². The number of hydrogen-bond donors (Lipinski definition) is 0. The maximum atomic E-state index is 13.9. The highest BCUT2D eigenvalue weighted by Gasteiger charge is 2.21. The number of rotatable bonds is 11. The Balaban J connectivity index is 1.91. The van der Waals surface area contributed by atoms with E-state index < -0.39 is 12.1 Å². The Morgan fingerprint density at radius 1 is 1.02 bits per heavy atom. The van der Waals surface area contributed by atoms with Crippen molar-refractivity contribution in [1.82, 2.24) is 9.66 Å². The van der Waals surface area contributed by atoms with Gasteiger partial charge < -0.3 is 18.9 Å². The van der Waals surface area contributed by atoms with E-state index in [1.807, 2.05) is 38.1 Å². The number of benzene rings is 3. The minimum Gasteiger partial charge on any atom is -0.494 e. The minimum absolute atomic E-state index is 0.174. The first-order valence-electron chi connectivity index (χ1n) is 14.0. The van der Waals surface area contributed by atoms with E-state index in [9.17, 15) is 9.59 Å². The summed E-state index contributed by atoms with van der Waals surface area (Å²) >= 11 is 0. The van der Waals surface area contributed by atoms with Crippen LogP contribution in [-0.4, -0.2) is 48.3 Å². The smallest absolute Gasteiger partial charge is 0.347 e. The minimum atomic E-state index is -0.894. The normalized spacial score (nSPS) is 12.1. The van der Waals surface area contributed by atoms with Gasteiger partial charge in [-0.3, -0.25) is 4.79 Å². The third-order valence-corrected chi connectivity index (χ3v) is 6.73. The molecule has 1 aromatic heterocycles. The van der Waals surface area contributed by atoms with Crippen LogP contribution in [0.2, 0.25) is 0 Å². The first kappa shape index (κ1) is 30.3. The highest BCUT2D eigenvalue weighted by atomic mass is 16.6. The van der Waals surface area contributed by atoms with Crippen molar-refractivity contribution in [2.24, 2.45) is 5.10 Å². The van der Waals surface area contributed by atoms with Gasteiger partial charge in [0.2, 0.25) is 0 Å². The van der Waals surface area contributed by atoms with E-state index in [0.29, 0.717) is 40.4 Å². The average Bonchev–Trinajstić information content (AvgIpc) is 2.97. The van der Waals surface area contributed by atoms with Gasteiger partial charge in [-0.2, -0.15) is 9.78 Å². The van der Waals surface area contributed by atoms with Gasteiger partial charge in [-0.15, -0.1) is 0 Å². The van der Waals surface area contributed by atoms with Crippen molar-refractivity contribution >= 4 is 23.1 Å². The van der Waals surface area contributed by atoms with Crippen LogP contribution in [0.15, 0.2) is 64.5 Å². The van der Waals surface area contributed by atoms with Crippen LogP contribution in [0.5, 0.6) is 17.2 Å². The van der Waals surface area contributed by atoms with E-state index in [1.165, 1.54) is 18.0 Å². The second-order valence-electron chi connectivity index (χ2n) is 10.00. The van der Waals surface area contributed by atoms with Gasteiger partial charge in [0.1, 0.15) is 5.75 Å². The zero-order valence-electron chi connectivity index (χ0n) is 25.1. The van der Waals surface area contributed by atoms with Gasteiger partial charge >= 0.3 is 5.97 Å². The lowest BCUT2D eigenvalue weighted by atomic mass is 9.96. The van der Waals surface area contributed by atoms with Crippen LogP contribution in [0.3, 0.4) is 0 Å². The Morgan fingerprint density at radius 2 is 1.79 bits per heavy atom. The molecule has 220 valence electrons. The van der Waals surface area contributed by atoms with E-state index in [4.69, 9.17) is 23.9 Å². The molecule has 0 amide bonds. The van der Waals surface area contributed by atoms with Crippen molar-refractivity contribution < 1.29 is 23.7 Å². The molecule has 0 radical (unpaired) electrons. The molecule has 0 aliphatic heterocycles. The molecule has 0 bridgehead atoms. The molecule has 1 heterocycles. The lowest BCUT2D eigenvalue weighted by molar-refractivity contribution is -0.150. The number of carbonyl (C=O) groups is 1. The van der Waals surface area contributed by atoms with Crippen LogP contribution in [-0.2, 0) is 9.53 Å². The summed E-state index contributed by atoms with van der Waals surface area (Å²) in [6.45, 7) is 12.2. The molecule has 0 aliphatic rings. The molecule has 9 heteroatoms. The highest BCUT2D eigenvalue weighted by molar-refractivity contribution is 5.86. The third-order valence-electron chi connectivity index (χ3n) is 6.73. The molecular formula is C33H37N3O6. The van der Waals surface area contributed by atoms with Gasteiger partial charge in [0.25, 0.3) is 5.56 Å². The number of para-hydroxylation sites is 2. The molecule has 3 aromatic carbocycles. The van der Waals surface area contributed by atoms with Crippen molar-refractivity contribution in [2.45, 2.75) is 53.6 Å². The molecular weight excluding hydrogens is 534 g/mol. The SMILES string of the molecule is CCOC(=O)[C@@H](C)Oc1c(C=Nn2c(-c3cc(C(C)C)c(OCC)cc3C)nc3ccccc3c2=O)cccc1OC. The molecule has 1 atom stereocenters. The number of hydrogen-bond acceptors (Lipinski definition) is 8. The molecule has 0 spiro atoms. The van der Waals surface area contributed by atoms with Gasteiger partial charge in [-0.05, 0) is 81.1 Å². The van der Waals surface area contributed by atoms with E-state index in [0.717, 1.165) is 22.4 Å². The van der Waals surface area contributed by atoms with Gasteiger partial charge in [0.15, 0.2) is 23.4 Å². The molecule has 0 fully saturated rings. The molecule has 0 N–H and O–H groups in total. The maximum absolute atomic E-state index is 13.9. The Morgan fingerprint density at radius 3 is 2.48 bits per heavy atom.